The van der Waals surface area contributed by atoms with Gasteiger partial charge in [-0.2, -0.15) is 5.10 Å². The number of aryl methyl sites for hydroxylation is 1. The Morgan fingerprint density at radius 1 is 1.33 bits per heavy atom. The third kappa shape index (κ3) is 1.66. The van der Waals surface area contributed by atoms with E-state index in [2.05, 4.69) is 10.1 Å². The number of carbonyl (C=O) groups is 1. The summed E-state index contributed by atoms with van der Waals surface area (Å²) >= 11 is 0. The minimum Gasteiger partial charge on any atom is -0.298 e. The van der Waals surface area contributed by atoms with E-state index in [4.69, 9.17) is 0 Å². The Morgan fingerprint density at radius 2 is 2.13 bits per heavy atom. The lowest BCUT2D eigenvalue weighted by molar-refractivity contribution is 0.112. The predicted octanol–water partition coefficient (Wildman–Crippen LogP) is 1.60. The van der Waals surface area contributed by atoms with Gasteiger partial charge in [0.2, 0.25) is 0 Å². The largest absolute Gasteiger partial charge is 0.298 e. The Kier molecular flexibility index (Phi) is 2.33. The summed E-state index contributed by atoms with van der Waals surface area (Å²) in [4.78, 5) is 14.6. The van der Waals surface area contributed by atoms with Crippen LogP contribution in [0.4, 0.5) is 0 Å². The van der Waals surface area contributed by atoms with Gasteiger partial charge >= 0.3 is 0 Å². The molecular weight excluding hydrogens is 190 g/mol. The highest BCUT2D eigenvalue weighted by Gasteiger charge is 2.06. The number of aromatic nitrogens is 3. The summed E-state index contributed by atoms with van der Waals surface area (Å²) in [6, 6.07) is 1.81. The van der Waals surface area contributed by atoms with E-state index in [0.29, 0.717) is 5.56 Å². The number of hydrogen-bond acceptors (Lipinski definition) is 3. The molecule has 0 amide bonds. The van der Waals surface area contributed by atoms with Crippen LogP contribution in [0.25, 0.3) is 11.1 Å². The molecule has 2 aromatic rings. The maximum Gasteiger partial charge on any atom is 0.151 e. The standard InChI is InChI=1S/C11H11N3O/c1-8-11(6-13-14(8)2)10-3-9(7-15)4-12-5-10/h3-7H,1-2H3. The highest BCUT2D eigenvalue weighted by molar-refractivity contribution is 5.78. The van der Waals surface area contributed by atoms with E-state index in [9.17, 15) is 4.79 Å². The molecular formula is C11H11N3O. The minimum absolute atomic E-state index is 0.579. The van der Waals surface area contributed by atoms with Gasteiger partial charge in [0.15, 0.2) is 6.29 Å². The first-order valence-corrected chi connectivity index (χ1v) is 4.61. The Balaban J connectivity index is 2.53. The van der Waals surface area contributed by atoms with Crippen molar-refractivity contribution in [1.29, 1.82) is 0 Å². The van der Waals surface area contributed by atoms with Crippen LogP contribution in [0.5, 0.6) is 0 Å². The predicted molar refractivity (Wildman–Crippen MR) is 56.6 cm³/mol. The maximum atomic E-state index is 10.6. The normalized spacial score (nSPS) is 10.3. The molecule has 4 heteroatoms. The summed E-state index contributed by atoms with van der Waals surface area (Å²) < 4.78 is 1.79. The lowest BCUT2D eigenvalue weighted by Gasteiger charge is -2.00. The van der Waals surface area contributed by atoms with Gasteiger partial charge in [0, 0.05) is 41.8 Å². The van der Waals surface area contributed by atoms with Crippen LogP contribution in [0.15, 0.2) is 24.7 Å². The fraction of sp³-hybridized carbons (Fsp3) is 0.182. The first kappa shape index (κ1) is 9.58. The second kappa shape index (κ2) is 3.65. The average Bonchev–Trinajstić information content (AvgIpc) is 2.60. The molecule has 76 valence electrons. The van der Waals surface area contributed by atoms with Gasteiger partial charge in [0.25, 0.3) is 0 Å². The van der Waals surface area contributed by atoms with Crippen molar-refractivity contribution in [1.82, 2.24) is 14.8 Å². The molecule has 0 atom stereocenters. The highest BCUT2D eigenvalue weighted by atomic mass is 16.1. The number of rotatable bonds is 2. The van der Waals surface area contributed by atoms with Crippen molar-refractivity contribution >= 4 is 6.29 Å². The van der Waals surface area contributed by atoms with E-state index in [1.165, 1.54) is 0 Å². The van der Waals surface area contributed by atoms with Gasteiger partial charge < -0.3 is 0 Å². The van der Waals surface area contributed by atoms with E-state index in [1.807, 2.05) is 20.0 Å². The molecule has 0 saturated carbocycles. The Bertz CT molecular complexity index is 502. The molecule has 4 nitrogen and oxygen atoms in total. The second-order valence-corrected chi connectivity index (χ2v) is 3.39. The quantitative estimate of drug-likeness (QED) is 0.693. The fourth-order valence-corrected chi connectivity index (χ4v) is 1.45. The van der Waals surface area contributed by atoms with Crippen LogP contribution in [-0.4, -0.2) is 21.1 Å². The van der Waals surface area contributed by atoms with Crippen molar-refractivity contribution in [3.05, 3.63) is 35.9 Å². The van der Waals surface area contributed by atoms with E-state index < -0.39 is 0 Å². The molecule has 0 N–H and O–H groups in total. The smallest absolute Gasteiger partial charge is 0.151 e. The van der Waals surface area contributed by atoms with Gasteiger partial charge in [-0.05, 0) is 13.0 Å². The van der Waals surface area contributed by atoms with Gasteiger partial charge in [-0.25, -0.2) is 0 Å². The number of carbonyl (C=O) groups excluding carboxylic acids is 1. The number of pyridine rings is 1. The molecule has 0 bridgehead atoms. The van der Waals surface area contributed by atoms with Crippen LogP contribution in [0.3, 0.4) is 0 Å². The van der Waals surface area contributed by atoms with Gasteiger partial charge in [-0.3, -0.25) is 14.5 Å². The monoisotopic (exact) mass is 201 g/mol. The zero-order valence-corrected chi connectivity index (χ0v) is 8.64. The topological polar surface area (TPSA) is 47.8 Å². The van der Waals surface area contributed by atoms with Crippen LogP contribution in [0, 0.1) is 6.92 Å². The molecule has 0 spiro atoms. The molecule has 0 aromatic carbocycles. The zero-order valence-electron chi connectivity index (χ0n) is 8.64. The van der Waals surface area contributed by atoms with Crippen LogP contribution in [0.2, 0.25) is 0 Å². The third-order valence-electron chi connectivity index (χ3n) is 2.44. The maximum absolute atomic E-state index is 10.6. The molecule has 0 unspecified atom stereocenters. The van der Waals surface area contributed by atoms with Crippen LogP contribution < -0.4 is 0 Å². The van der Waals surface area contributed by atoms with E-state index in [0.717, 1.165) is 23.1 Å². The van der Waals surface area contributed by atoms with Gasteiger partial charge in [-0.1, -0.05) is 0 Å². The molecule has 2 aromatic heterocycles. The van der Waals surface area contributed by atoms with Crippen molar-refractivity contribution < 1.29 is 4.79 Å². The molecule has 0 aliphatic carbocycles. The Labute approximate surface area is 87.6 Å². The fourth-order valence-electron chi connectivity index (χ4n) is 1.45. The number of nitrogens with zero attached hydrogens (tertiary/aromatic N) is 3. The van der Waals surface area contributed by atoms with Crippen molar-refractivity contribution in [3.63, 3.8) is 0 Å². The summed E-state index contributed by atoms with van der Waals surface area (Å²) in [5, 5.41) is 4.15. The first-order chi connectivity index (χ1) is 7.22. The molecule has 0 aliphatic heterocycles. The lowest BCUT2D eigenvalue weighted by atomic mass is 10.1. The third-order valence-corrected chi connectivity index (χ3v) is 2.44. The molecule has 15 heavy (non-hydrogen) atoms. The van der Waals surface area contributed by atoms with E-state index >= 15 is 0 Å². The summed E-state index contributed by atoms with van der Waals surface area (Å²) in [7, 11) is 1.88. The van der Waals surface area contributed by atoms with Crippen LogP contribution in [-0.2, 0) is 7.05 Å². The van der Waals surface area contributed by atoms with Gasteiger partial charge in [-0.15, -0.1) is 0 Å². The van der Waals surface area contributed by atoms with Gasteiger partial charge in [0.1, 0.15) is 0 Å². The number of aldehydes is 1. The summed E-state index contributed by atoms with van der Waals surface area (Å²) in [6.07, 6.45) is 5.85. The van der Waals surface area contributed by atoms with Crippen LogP contribution in [0.1, 0.15) is 16.1 Å². The second-order valence-electron chi connectivity index (χ2n) is 3.39. The SMILES string of the molecule is Cc1c(-c2cncc(C=O)c2)cnn1C. The Morgan fingerprint density at radius 3 is 2.73 bits per heavy atom. The Hall–Kier alpha value is -1.97. The molecule has 0 radical (unpaired) electrons. The lowest BCUT2D eigenvalue weighted by Crippen LogP contribution is -1.93. The summed E-state index contributed by atoms with van der Waals surface area (Å²) in [5.74, 6) is 0. The summed E-state index contributed by atoms with van der Waals surface area (Å²) in [5.41, 5.74) is 3.56. The molecule has 0 fully saturated rings. The van der Waals surface area contributed by atoms with Crippen molar-refractivity contribution in [2.75, 3.05) is 0 Å². The van der Waals surface area contributed by atoms with Gasteiger partial charge in [0.05, 0.1) is 6.20 Å². The molecule has 2 heterocycles. The van der Waals surface area contributed by atoms with Crippen molar-refractivity contribution in [3.8, 4) is 11.1 Å². The van der Waals surface area contributed by atoms with Crippen molar-refractivity contribution in [2.45, 2.75) is 6.92 Å². The average molecular weight is 201 g/mol. The molecule has 2 rings (SSSR count). The van der Waals surface area contributed by atoms with E-state index in [1.54, 1.807) is 23.3 Å². The highest BCUT2D eigenvalue weighted by Crippen LogP contribution is 2.21. The first-order valence-electron chi connectivity index (χ1n) is 4.61. The number of hydrogen-bond donors (Lipinski definition) is 0. The summed E-state index contributed by atoms with van der Waals surface area (Å²) in [6.45, 7) is 1.98. The molecule has 0 aliphatic rings. The zero-order chi connectivity index (χ0) is 10.8. The van der Waals surface area contributed by atoms with Crippen molar-refractivity contribution in [2.24, 2.45) is 7.05 Å². The van der Waals surface area contributed by atoms with Crippen LogP contribution >= 0.6 is 0 Å². The van der Waals surface area contributed by atoms with E-state index in [-0.39, 0.29) is 0 Å². The molecule has 0 saturated heterocycles. The minimum atomic E-state index is 0.579.